The molecule has 2 aromatic rings. The van der Waals surface area contributed by atoms with Gasteiger partial charge in [0.25, 0.3) is 0 Å². The molecule has 106 valence electrons. The molecule has 1 aliphatic heterocycles. The molecule has 0 radical (unpaired) electrons. The van der Waals surface area contributed by atoms with Crippen LogP contribution in [0.25, 0.3) is 0 Å². The number of anilines is 1. The molecule has 0 spiro atoms. The molecule has 0 saturated carbocycles. The number of halogens is 1. The van der Waals surface area contributed by atoms with Gasteiger partial charge in [0.1, 0.15) is 11.0 Å². The smallest absolute Gasteiger partial charge is 0.105 e. The van der Waals surface area contributed by atoms with Gasteiger partial charge >= 0.3 is 0 Å². The minimum atomic E-state index is -0.0126. The highest BCUT2D eigenvalue weighted by Gasteiger charge is 2.22. The summed E-state index contributed by atoms with van der Waals surface area (Å²) in [7, 11) is 0. The normalized spacial score (nSPS) is 17.5. The summed E-state index contributed by atoms with van der Waals surface area (Å²) in [5.74, 6) is 0. The second kappa shape index (κ2) is 5.96. The Bertz CT molecular complexity index is 710. The molecule has 4 heteroatoms. The number of hydrogen-bond donors (Lipinski definition) is 1. The van der Waals surface area contributed by atoms with Gasteiger partial charge in [-0.2, -0.15) is 0 Å². The zero-order valence-corrected chi connectivity index (χ0v) is 13.2. The fraction of sp³-hybridized carbons (Fsp3) is 0.176. The van der Waals surface area contributed by atoms with Crippen LogP contribution in [-0.4, -0.2) is 16.7 Å². The Morgan fingerprint density at radius 2 is 1.95 bits per heavy atom. The average Bonchev–Trinajstić information content (AvgIpc) is 2.64. The number of thiocarbonyl (C=S) groups is 1. The van der Waals surface area contributed by atoms with Crippen molar-refractivity contribution >= 4 is 40.2 Å². The van der Waals surface area contributed by atoms with E-state index in [1.54, 1.807) is 0 Å². The van der Waals surface area contributed by atoms with Gasteiger partial charge in [0.15, 0.2) is 0 Å². The second-order valence-electron chi connectivity index (χ2n) is 4.95. The first kappa shape index (κ1) is 14.2. The van der Waals surface area contributed by atoms with Gasteiger partial charge in [-0.15, -0.1) is 0 Å². The van der Waals surface area contributed by atoms with Crippen molar-refractivity contribution < 1.29 is 0 Å². The standard InChI is InChI=1S/C17H15ClN2S/c1-2-14-17(21)20-15-9-8-12(18)10-13(15)16(19-14)11-6-4-3-5-7-11/h3-10,14H,2H2,1H3,(H,20,21). The van der Waals surface area contributed by atoms with Gasteiger partial charge in [0, 0.05) is 21.8 Å². The highest BCUT2D eigenvalue weighted by atomic mass is 35.5. The van der Waals surface area contributed by atoms with Crippen LogP contribution in [0.2, 0.25) is 5.02 Å². The fourth-order valence-corrected chi connectivity index (χ4v) is 2.93. The largest absolute Gasteiger partial charge is 0.348 e. The molecule has 0 aromatic heterocycles. The van der Waals surface area contributed by atoms with E-state index in [1.807, 2.05) is 36.4 Å². The van der Waals surface area contributed by atoms with Crippen molar-refractivity contribution in [1.29, 1.82) is 0 Å². The van der Waals surface area contributed by atoms with Crippen molar-refractivity contribution in [3.05, 3.63) is 64.7 Å². The fourth-order valence-electron chi connectivity index (χ4n) is 2.42. The second-order valence-corrected chi connectivity index (χ2v) is 5.82. The van der Waals surface area contributed by atoms with E-state index < -0.39 is 0 Å². The molecule has 0 fully saturated rings. The number of fused-ring (bicyclic) bond motifs is 1. The van der Waals surface area contributed by atoms with Gasteiger partial charge in [-0.1, -0.05) is 61.1 Å². The van der Waals surface area contributed by atoms with Gasteiger partial charge in [0.2, 0.25) is 0 Å². The molecular weight excluding hydrogens is 300 g/mol. The van der Waals surface area contributed by atoms with E-state index in [0.717, 1.165) is 33.9 Å². The topological polar surface area (TPSA) is 24.4 Å². The lowest BCUT2D eigenvalue weighted by Crippen LogP contribution is -2.22. The molecule has 1 heterocycles. The first-order valence-corrected chi connectivity index (χ1v) is 7.71. The maximum Gasteiger partial charge on any atom is 0.105 e. The molecule has 0 aliphatic carbocycles. The van der Waals surface area contributed by atoms with E-state index in [-0.39, 0.29) is 6.04 Å². The number of hydrogen-bond acceptors (Lipinski definition) is 2. The molecule has 0 bridgehead atoms. The quantitative estimate of drug-likeness (QED) is 0.812. The van der Waals surface area contributed by atoms with Crippen LogP contribution >= 0.6 is 23.8 Å². The Kier molecular flexibility index (Phi) is 4.04. The van der Waals surface area contributed by atoms with Crippen molar-refractivity contribution in [2.75, 3.05) is 5.32 Å². The molecule has 1 aliphatic rings. The van der Waals surface area contributed by atoms with Crippen LogP contribution in [0.5, 0.6) is 0 Å². The van der Waals surface area contributed by atoms with Crippen molar-refractivity contribution in [2.24, 2.45) is 4.99 Å². The Hall–Kier alpha value is -1.71. The Morgan fingerprint density at radius 3 is 2.67 bits per heavy atom. The van der Waals surface area contributed by atoms with Crippen molar-refractivity contribution in [3.63, 3.8) is 0 Å². The zero-order valence-electron chi connectivity index (χ0n) is 11.6. The van der Waals surface area contributed by atoms with Gasteiger partial charge in [0.05, 0.1) is 5.71 Å². The number of aliphatic imine (C=N–C) groups is 1. The summed E-state index contributed by atoms with van der Waals surface area (Å²) in [6, 6.07) is 15.9. The summed E-state index contributed by atoms with van der Waals surface area (Å²) in [4.78, 5) is 5.64. The number of rotatable bonds is 2. The van der Waals surface area contributed by atoms with Crippen LogP contribution in [0.1, 0.15) is 24.5 Å². The lowest BCUT2D eigenvalue weighted by molar-refractivity contribution is 0.832. The third-order valence-electron chi connectivity index (χ3n) is 3.52. The highest BCUT2D eigenvalue weighted by Crippen LogP contribution is 2.28. The maximum atomic E-state index is 6.17. The van der Waals surface area contributed by atoms with Crippen LogP contribution in [0, 0.1) is 0 Å². The molecule has 1 atom stereocenters. The summed E-state index contributed by atoms with van der Waals surface area (Å²) in [6.45, 7) is 2.09. The predicted molar refractivity (Wildman–Crippen MR) is 93.8 cm³/mol. The van der Waals surface area contributed by atoms with E-state index in [0.29, 0.717) is 5.02 Å². The first-order chi connectivity index (χ1) is 10.2. The third-order valence-corrected chi connectivity index (χ3v) is 4.13. The average molecular weight is 315 g/mol. The van der Waals surface area contributed by atoms with Crippen LogP contribution in [0.15, 0.2) is 53.5 Å². The van der Waals surface area contributed by atoms with Gasteiger partial charge < -0.3 is 5.32 Å². The summed E-state index contributed by atoms with van der Waals surface area (Å²) < 4.78 is 0. The van der Waals surface area contributed by atoms with Crippen LogP contribution in [0.3, 0.4) is 0 Å². The lowest BCUT2D eigenvalue weighted by atomic mass is 10.0. The van der Waals surface area contributed by atoms with Crippen LogP contribution < -0.4 is 5.32 Å². The van der Waals surface area contributed by atoms with Gasteiger partial charge in [-0.05, 0) is 24.6 Å². The first-order valence-electron chi connectivity index (χ1n) is 6.93. The van der Waals surface area contributed by atoms with Crippen LogP contribution in [-0.2, 0) is 0 Å². The zero-order chi connectivity index (χ0) is 14.8. The number of benzodiazepines with no additional fused rings is 1. The molecule has 0 amide bonds. The summed E-state index contributed by atoms with van der Waals surface area (Å²) in [5.41, 5.74) is 3.97. The molecule has 1 N–H and O–H groups in total. The van der Waals surface area contributed by atoms with Crippen molar-refractivity contribution in [2.45, 2.75) is 19.4 Å². The van der Waals surface area contributed by atoms with E-state index >= 15 is 0 Å². The minimum absolute atomic E-state index is 0.0126. The van der Waals surface area contributed by atoms with Gasteiger partial charge in [-0.25, -0.2) is 0 Å². The molecule has 1 unspecified atom stereocenters. The molecular formula is C17H15ClN2S. The Balaban J connectivity index is 2.22. The maximum absolute atomic E-state index is 6.17. The number of nitrogens with zero attached hydrogens (tertiary/aromatic N) is 1. The minimum Gasteiger partial charge on any atom is -0.348 e. The molecule has 2 aromatic carbocycles. The molecule has 21 heavy (non-hydrogen) atoms. The summed E-state index contributed by atoms with van der Waals surface area (Å²) in [6.07, 6.45) is 0.865. The molecule has 0 saturated heterocycles. The monoisotopic (exact) mass is 314 g/mol. The van der Waals surface area contributed by atoms with E-state index in [1.165, 1.54) is 0 Å². The predicted octanol–water partition coefficient (Wildman–Crippen LogP) is 4.71. The van der Waals surface area contributed by atoms with Crippen molar-refractivity contribution in [3.8, 4) is 0 Å². The summed E-state index contributed by atoms with van der Waals surface area (Å²) >= 11 is 11.6. The number of nitrogens with one attached hydrogen (secondary N) is 1. The number of benzene rings is 2. The van der Waals surface area contributed by atoms with Crippen molar-refractivity contribution in [1.82, 2.24) is 0 Å². The Labute approximate surface area is 134 Å². The highest BCUT2D eigenvalue weighted by molar-refractivity contribution is 7.80. The third kappa shape index (κ3) is 2.85. The van der Waals surface area contributed by atoms with E-state index in [4.69, 9.17) is 28.8 Å². The van der Waals surface area contributed by atoms with Gasteiger partial charge in [-0.3, -0.25) is 4.99 Å². The SMILES string of the molecule is CCC1N=C(c2ccccc2)c2cc(Cl)ccc2NC1=S. The molecule has 3 rings (SSSR count). The Morgan fingerprint density at radius 1 is 1.19 bits per heavy atom. The summed E-state index contributed by atoms with van der Waals surface area (Å²) in [5, 5.41) is 4.00. The molecule has 2 nitrogen and oxygen atoms in total. The van der Waals surface area contributed by atoms with E-state index in [9.17, 15) is 0 Å². The van der Waals surface area contributed by atoms with Crippen LogP contribution in [0.4, 0.5) is 5.69 Å². The lowest BCUT2D eigenvalue weighted by Gasteiger charge is -2.11. The van der Waals surface area contributed by atoms with E-state index in [2.05, 4.69) is 24.4 Å².